The van der Waals surface area contributed by atoms with Crippen LogP contribution >= 0.6 is 0 Å². The number of amides is 2. The van der Waals surface area contributed by atoms with Crippen LogP contribution in [0.5, 0.6) is 0 Å². The normalized spacial score (nSPS) is 12.0. The summed E-state index contributed by atoms with van der Waals surface area (Å²) >= 11 is 0. The van der Waals surface area contributed by atoms with Crippen LogP contribution in [-0.4, -0.2) is 50.5 Å². The maximum absolute atomic E-state index is 13.8. The third kappa shape index (κ3) is 9.42. The van der Waals surface area contributed by atoms with Crippen LogP contribution in [0.3, 0.4) is 0 Å². The summed E-state index contributed by atoms with van der Waals surface area (Å²) in [5, 5.41) is 2.93. The SMILES string of the molecule is CCCNC(=O)[C@H](Cc1ccccc1)N(Cc1ccc(F)cc1)C(=O)CCCN(c1ccc(C)c(C)c1)S(C)(=O)=O. The number of benzene rings is 3. The second-order valence-electron chi connectivity index (χ2n) is 10.4. The first kappa shape index (κ1) is 31.8. The van der Waals surface area contributed by atoms with Gasteiger partial charge in [-0.3, -0.25) is 13.9 Å². The fraction of sp³-hybridized carbons (Fsp3) is 0.375. The third-order valence-corrected chi connectivity index (χ3v) is 8.21. The number of hydrogen-bond donors (Lipinski definition) is 1. The van der Waals surface area contributed by atoms with Gasteiger partial charge in [-0.15, -0.1) is 0 Å². The summed E-state index contributed by atoms with van der Waals surface area (Å²) in [7, 11) is -3.59. The number of nitrogens with one attached hydrogen (secondary N) is 1. The van der Waals surface area contributed by atoms with Crippen molar-refractivity contribution >= 4 is 27.5 Å². The Bertz CT molecular complexity index is 1410. The van der Waals surface area contributed by atoms with Crippen LogP contribution in [0, 0.1) is 19.7 Å². The van der Waals surface area contributed by atoms with Gasteiger partial charge < -0.3 is 10.2 Å². The average Bonchev–Trinajstić information content (AvgIpc) is 2.94. The molecule has 0 radical (unpaired) electrons. The quantitative estimate of drug-likeness (QED) is 0.285. The van der Waals surface area contributed by atoms with Gasteiger partial charge in [-0.1, -0.05) is 55.5 Å². The maximum atomic E-state index is 13.8. The minimum Gasteiger partial charge on any atom is -0.354 e. The van der Waals surface area contributed by atoms with Crippen molar-refractivity contribution < 1.29 is 22.4 Å². The number of carbonyl (C=O) groups is 2. The fourth-order valence-corrected chi connectivity index (χ4v) is 5.55. The molecule has 0 bridgehead atoms. The number of hydrogen-bond acceptors (Lipinski definition) is 4. The van der Waals surface area contributed by atoms with Crippen LogP contribution in [0.1, 0.15) is 48.4 Å². The van der Waals surface area contributed by atoms with E-state index in [9.17, 15) is 22.4 Å². The highest BCUT2D eigenvalue weighted by Crippen LogP contribution is 2.23. The van der Waals surface area contributed by atoms with E-state index in [1.807, 2.05) is 63.2 Å². The van der Waals surface area contributed by atoms with E-state index in [2.05, 4.69) is 5.32 Å². The number of carbonyl (C=O) groups excluding carboxylic acids is 2. The zero-order valence-electron chi connectivity index (χ0n) is 24.3. The Hall–Kier alpha value is -3.72. The Kier molecular flexibility index (Phi) is 11.5. The van der Waals surface area contributed by atoms with Gasteiger partial charge in [-0.2, -0.15) is 0 Å². The molecule has 0 aliphatic carbocycles. The first-order valence-corrected chi connectivity index (χ1v) is 15.7. The summed E-state index contributed by atoms with van der Waals surface area (Å²) in [6.07, 6.45) is 2.49. The lowest BCUT2D eigenvalue weighted by molar-refractivity contribution is -0.141. The highest BCUT2D eigenvalue weighted by molar-refractivity contribution is 7.92. The van der Waals surface area contributed by atoms with Gasteiger partial charge in [-0.05, 0) is 73.2 Å². The Balaban J connectivity index is 1.87. The summed E-state index contributed by atoms with van der Waals surface area (Å²) in [4.78, 5) is 28.7. The molecule has 0 saturated heterocycles. The molecule has 2 amide bonds. The molecular weight excluding hydrogens is 541 g/mol. The predicted octanol–water partition coefficient (Wildman–Crippen LogP) is 5.16. The van der Waals surface area contributed by atoms with Gasteiger partial charge in [-0.25, -0.2) is 12.8 Å². The van der Waals surface area contributed by atoms with Crippen LogP contribution in [0.15, 0.2) is 72.8 Å². The molecule has 0 aromatic heterocycles. The molecule has 220 valence electrons. The summed E-state index contributed by atoms with van der Waals surface area (Å²) in [5.41, 5.74) is 4.17. The van der Waals surface area contributed by atoms with Crippen molar-refractivity contribution in [2.24, 2.45) is 0 Å². The van der Waals surface area contributed by atoms with E-state index in [-0.39, 0.29) is 43.6 Å². The number of anilines is 1. The average molecular weight is 582 g/mol. The van der Waals surface area contributed by atoms with E-state index in [0.29, 0.717) is 24.2 Å². The first-order chi connectivity index (χ1) is 19.5. The zero-order valence-corrected chi connectivity index (χ0v) is 25.1. The molecule has 1 N–H and O–H groups in total. The lowest BCUT2D eigenvalue weighted by Crippen LogP contribution is -2.50. The smallest absolute Gasteiger partial charge is 0.243 e. The van der Waals surface area contributed by atoms with Crippen molar-refractivity contribution in [1.29, 1.82) is 0 Å². The van der Waals surface area contributed by atoms with Gasteiger partial charge >= 0.3 is 0 Å². The topological polar surface area (TPSA) is 86.8 Å². The molecule has 3 rings (SSSR count). The Morgan fingerprint density at radius 1 is 0.927 bits per heavy atom. The van der Waals surface area contributed by atoms with E-state index < -0.39 is 16.1 Å². The van der Waals surface area contributed by atoms with Gasteiger partial charge in [0.1, 0.15) is 11.9 Å². The number of halogens is 1. The van der Waals surface area contributed by atoms with Crippen molar-refractivity contribution in [3.05, 3.63) is 101 Å². The fourth-order valence-electron chi connectivity index (χ4n) is 4.59. The highest BCUT2D eigenvalue weighted by atomic mass is 32.2. The minimum absolute atomic E-state index is 0.0321. The maximum Gasteiger partial charge on any atom is 0.243 e. The van der Waals surface area contributed by atoms with E-state index >= 15 is 0 Å². The molecule has 1 atom stereocenters. The molecule has 41 heavy (non-hydrogen) atoms. The Labute approximate surface area is 243 Å². The summed E-state index contributed by atoms with van der Waals surface area (Å²) < 4.78 is 40.2. The molecule has 0 unspecified atom stereocenters. The lowest BCUT2D eigenvalue weighted by atomic mass is 10.0. The van der Waals surface area contributed by atoms with Gasteiger partial charge in [0.25, 0.3) is 0 Å². The summed E-state index contributed by atoms with van der Waals surface area (Å²) in [6.45, 7) is 6.54. The predicted molar refractivity (Wildman–Crippen MR) is 162 cm³/mol. The minimum atomic E-state index is -3.59. The zero-order chi connectivity index (χ0) is 30.0. The second-order valence-corrected chi connectivity index (χ2v) is 12.3. The second kappa shape index (κ2) is 14.8. The van der Waals surface area contributed by atoms with Gasteiger partial charge in [0.2, 0.25) is 21.8 Å². The van der Waals surface area contributed by atoms with Crippen molar-refractivity contribution in [3.8, 4) is 0 Å². The molecule has 0 spiro atoms. The van der Waals surface area contributed by atoms with Crippen LogP contribution in [0.4, 0.5) is 10.1 Å². The van der Waals surface area contributed by atoms with Crippen molar-refractivity contribution in [3.63, 3.8) is 0 Å². The number of rotatable bonds is 14. The molecule has 3 aromatic carbocycles. The van der Waals surface area contributed by atoms with E-state index in [1.54, 1.807) is 18.2 Å². The largest absolute Gasteiger partial charge is 0.354 e. The van der Waals surface area contributed by atoms with Gasteiger partial charge in [0, 0.05) is 32.5 Å². The highest BCUT2D eigenvalue weighted by Gasteiger charge is 2.30. The number of nitrogens with zero attached hydrogens (tertiary/aromatic N) is 2. The van der Waals surface area contributed by atoms with Gasteiger partial charge in [0.05, 0.1) is 11.9 Å². The summed E-state index contributed by atoms with van der Waals surface area (Å²) in [6, 6.07) is 20.0. The van der Waals surface area contributed by atoms with E-state index in [4.69, 9.17) is 0 Å². The monoisotopic (exact) mass is 581 g/mol. The van der Waals surface area contributed by atoms with Crippen molar-refractivity contribution in [1.82, 2.24) is 10.2 Å². The van der Waals surface area contributed by atoms with Crippen molar-refractivity contribution in [2.45, 2.75) is 59.0 Å². The summed E-state index contributed by atoms with van der Waals surface area (Å²) in [5.74, 6) is -0.935. The molecule has 3 aromatic rings. The van der Waals surface area contributed by atoms with Crippen LogP contribution in [0.25, 0.3) is 0 Å². The molecule has 0 saturated carbocycles. The van der Waals surface area contributed by atoms with E-state index in [1.165, 1.54) is 21.3 Å². The number of aryl methyl sites for hydroxylation is 2. The molecule has 7 nitrogen and oxygen atoms in total. The third-order valence-electron chi connectivity index (χ3n) is 7.02. The Morgan fingerprint density at radius 3 is 2.22 bits per heavy atom. The van der Waals surface area contributed by atoms with Crippen LogP contribution < -0.4 is 9.62 Å². The van der Waals surface area contributed by atoms with Crippen LogP contribution in [0.2, 0.25) is 0 Å². The van der Waals surface area contributed by atoms with Crippen molar-refractivity contribution in [2.75, 3.05) is 23.7 Å². The van der Waals surface area contributed by atoms with Gasteiger partial charge in [0.15, 0.2) is 0 Å². The van der Waals surface area contributed by atoms with Crippen LogP contribution in [-0.2, 0) is 32.6 Å². The Morgan fingerprint density at radius 2 is 1.61 bits per heavy atom. The lowest BCUT2D eigenvalue weighted by Gasteiger charge is -2.32. The molecule has 0 fully saturated rings. The number of sulfonamides is 1. The molecule has 9 heteroatoms. The molecule has 0 aliphatic heterocycles. The standard InChI is InChI=1S/C32H40FN3O4S/c1-5-19-34-32(38)30(22-26-10-7-6-8-11-26)35(23-27-14-16-28(33)17-15-27)31(37)12-9-20-36(41(4,39)40)29-18-13-24(2)25(3)21-29/h6-8,10-11,13-18,21,30H,5,9,12,19-20,22-23H2,1-4H3,(H,34,38)/t30-/m0/s1. The molecular formula is C32H40FN3O4S. The molecule has 0 heterocycles. The van der Waals surface area contributed by atoms with E-state index in [0.717, 1.165) is 29.4 Å². The molecule has 0 aliphatic rings. The first-order valence-electron chi connectivity index (χ1n) is 13.9.